The smallest absolute Gasteiger partial charge is 0.258 e. The second-order valence-electron chi connectivity index (χ2n) is 5.78. The minimum atomic E-state index is 0.173. The highest BCUT2D eigenvalue weighted by molar-refractivity contribution is 5.61. The van der Waals surface area contributed by atoms with Crippen LogP contribution in [0.25, 0.3) is 33.3 Å². The Kier molecular flexibility index (Phi) is 4.61. The van der Waals surface area contributed by atoms with Crippen LogP contribution >= 0.6 is 0 Å². The highest BCUT2D eigenvalue weighted by Gasteiger charge is 2.11. The molecule has 1 N–H and O–H groups in total. The van der Waals surface area contributed by atoms with E-state index in [4.69, 9.17) is 14.8 Å². The molecule has 0 saturated carbocycles. The second kappa shape index (κ2) is 7.53. The number of hydrogen-bond donors (Lipinski definition) is 1. The Bertz CT molecular complexity index is 1130. The van der Waals surface area contributed by atoms with E-state index in [1.54, 1.807) is 60.7 Å². The van der Waals surface area contributed by atoms with Crippen LogP contribution in [-0.2, 0) is 0 Å². The van der Waals surface area contributed by atoms with Crippen molar-refractivity contribution >= 4 is 5.69 Å². The molecule has 4 rings (SSSR count). The van der Waals surface area contributed by atoms with E-state index in [0.29, 0.717) is 28.9 Å². The van der Waals surface area contributed by atoms with E-state index in [-0.39, 0.29) is 5.75 Å². The molecule has 0 unspecified atom stereocenters. The van der Waals surface area contributed by atoms with Gasteiger partial charge in [-0.05, 0) is 78.3 Å². The third-order valence-corrected chi connectivity index (χ3v) is 3.89. The summed E-state index contributed by atoms with van der Waals surface area (Å²) >= 11 is 0. The van der Waals surface area contributed by atoms with Crippen molar-refractivity contribution in [2.45, 2.75) is 0 Å². The van der Waals surface area contributed by atoms with Gasteiger partial charge >= 0.3 is 0 Å². The molecule has 136 valence electrons. The third kappa shape index (κ3) is 3.77. The van der Waals surface area contributed by atoms with Crippen LogP contribution in [0.15, 0.2) is 82.4 Å². The molecule has 1 heterocycles. The van der Waals surface area contributed by atoms with Gasteiger partial charge in [0.25, 0.3) is 5.89 Å². The van der Waals surface area contributed by atoms with Crippen molar-refractivity contribution in [2.75, 3.05) is 0 Å². The van der Waals surface area contributed by atoms with Gasteiger partial charge in [-0.2, -0.15) is 4.98 Å². The Morgan fingerprint density at radius 3 is 2.11 bits per heavy atom. The van der Waals surface area contributed by atoms with Crippen molar-refractivity contribution in [3.05, 3.63) is 83.2 Å². The molecule has 8 nitrogen and oxygen atoms in total. The molecule has 8 heteroatoms. The lowest BCUT2D eigenvalue weighted by Gasteiger charge is -2.06. The zero-order valence-electron chi connectivity index (χ0n) is 14.4. The van der Waals surface area contributed by atoms with Crippen LogP contribution in [0.5, 0.6) is 17.2 Å². The molecule has 4 aromatic rings. The summed E-state index contributed by atoms with van der Waals surface area (Å²) in [5.41, 5.74) is 10.4. The third-order valence-electron chi connectivity index (χ3n) is 3.89. The van der Waals surface area contributed by atoms with Crippen LogP contribution in [0.4, 0.5) is 5.69 Å². The van der Waals surface area contributed by atoms with Gasteiger partial charge in [0.1, 0.15) is 17.2 Å². The SMILES string of the molecule is [N-]=[N+]=Nc1ccc(Oc2ccc(-c3noc(-c4ccc(O)cc4)n3)cc2)cc1. The molecule has 0 fully saturated rings. The number of aromatic nitrogens is 2. The molecule has 0 atom stereocenters. The Hall–Kier alpha value is -4.29. The number of hydrogen-bond acceptors (Lipinski definition) is 6. The van der Waals surface area contributed by atoms with Gasteiger partial charge < -0.3 is 14.4 Å². The van der Waals surface area contributed by atoms with Gasteiger partial charge in [-0.3, -0.25) is 0 Å². The maximum atomic E-state index is 9.36. The highest BCUT2D eigenvalue weighted by atomic mass is 16.5. The summed E-state index contributed by atoms with van der Waals surface area (Å²) in [6.07, 6.45) is 0. The van der Waals surface area contributed by atoms with E-state index < -0.39 is 0 Å². The minimum absolute atomic E-state index is 0.173. The fourth-order valence-electron chi connectivity index (χ4n) is 2.50. The molecule has 3 aromatic carbocycles. The van der Waals surface area contributed by atoms with E-state index in [9.17, 15) is 5.11 Å². The molecule has 0 spiro atoms. The van der Waals surface area contributed by atoms with Crippen LogP contribution in [0.1, 0.15) is 0 Å². The van der Waals surface area contributed by atoms with Crippen molar-refractivity contribution in [3.63, 3.8) is 0 Å². The maximum absolute atomic E-state index is 9.36. The van der Waals surface area contributed by atoms with Crippen molar-refractivity contribution < 1.29 is 14.4 Å². The Labute approximate surface area is 159 Å². The van der Waals surface area contributed by atoms with Crippen LogP contribution in [0, 0.1) is 0 Å². The molecule has 0 aliphatic carbocycles. The van der Waals surface area contributed by atoms with E-state index in [0.717, 1.165) is 11.1 Å². The summed E-state index contributed by atoms with van der Waals surface area (Å²) in [7, 11) is 0. The zero-order valence-corrected chi connectivity index (χ0v) is 14.4. The second-order valence-corrected chi connectivity index (χ2v) is 5.78. The average molecular weight is 371 g/mol. The maximum Gasteiger partial charge on any atom is 0.258 e. The zero-order chi connectivity index (χ0) is 19.3. The molecule has 0 saturated heterocycles. The van der Waals surface area contributed by atoms with E-state index >= 15 is 0 Å². The van der Waals surface area contributed by atoms with Gasteiger partial charge in [0.2, 0.25) is 5.82 Å². The Morgan fingerprint density at radius 1 is 0.857 bits per heavy atom. The lowest BCUT2D eigenvalue weighted by molar-refractivity contribution is 0.432. The lowest BCUT2D eigenvalue weighted by Crippen LogP contribution is -1.85. The van der Waals surface area contributed by atoms with Crippen molar-refractivity contribution in [2.24, 2.45) is 5.11 Å². The Morgan fingerprint density at radius 2 is 1.46 bits per heavy atom. The van der Waals surface area contributed by atoms with Crippen LogP contribution in [0.2, 0.25) is 0 Å². The molecule has 1 aromatic heterocycles. The van der Waals surface area contributed by atoms with Gasteiger partial charge in [0.05, 0.1) is 0 Å². The van der Waals surface area contributed by atoms with Crippen LogP contribution < -0.4 is 4.74 Å². The molecule has 0 bridgehead atoms. The lowest BCUT2D eigenvalue weighted by atomic mass is 10.2. The summed E-state index contributed by atoms with van der Waals surface area (Å²) in [6.45, 7) is 0. The monoisotopic (exact) mass is 371 g/mol. The molecule has 0 aliphatic rings. The normalized spacial score (nSPS) is 10.3. The largest absolute Gasteiger partial charge is 0.508 e. The number of phenolic OH excluding ortho intramolecular Hbond substituents is 1. The first-order valence-electron chi connectivity index (χ1n) is 8.28. The van der Waals surface area contributed by atoms with E-state index in [1.807, 2.05) is 12.1 Å². The van der Waals surface area contributed by atoms with Gasteiger partial charge in [0, 0.05) is 21.7 Å². The fraction of sp³-hybridized carbons (Fsp3) is 0. The summed E-state index contributed by atoms with van der Waals surface area (Å²) in [5, 5.41) is 16.9. The molecular formula is C20H13N5O3. The first-order valence-corrected chi connectivity index (χ1v) is 8.28. The molecule has 28 heavy (non-hydrogen) atoms. The standard InChI is InChI=1S/C20H13N5O3/c21-25-23-15-5-11-18(12-6-15)27-17-9-3-13(4-10-17)19-22-20(28-24-19)14-1-7-16(26)8-2-14/h1-12,26H. The molecule has 0 aliphatic heterocycles. The first-order chi connectivity index (χ1) is 13.7. The van der Waals surface area contributed by atoms with Gasteiger partial charge in [0.15, 0.2) is 0 Å². The minimum Gasteiger partial charge on any atom is -0.508 e. The summed E-state index contributed by atoms with van der Waals surface area (Å²) in [6, 6.07) is 20.6. The predicted molar refractivity (Wildman–Crippen MR) is 102 cm³/mol. The van der Waals surface area contributed by atoms with Gasteiger partial charge in [-0.25, -0.2) is 0 Å². The molecule has 0 amide bonds. The predicted octanol–water partition coefficient (Wildman–Crippen LogP) is 5.84. The summed E-state index contributed by atoms with van der Waals surface area (Å²) in [5.74, 6) is 2.26. The van der Waals surface area contributed by atoms with E-state index in [1.165, 1.54) is 0 Å². The first kappa shape index (κ1) is 17.1. The number of nitrogens with zero attached hydrogens (tertiary/aromatic N) is 5. The number of aromatic hydroxyl groups is 1. The summed E-state index contributed by atoms with van der Waals surface area (Å²) in [4.78, 5) is 7.12. The van der Waals surface area contributed by atoms with Crippen LogP contribution in [-0.4, -0.2) is 15.2 Å². The van der Waals surface area contributed by atoms with Crippen molar-refractivity contribution in [1.82, 2.24) is 10.1 Å². The van der Waals surface area contributed by atoms with Crippen molar-refractivity contribution in [1.29, 1.82) is 0 Å². The summed E-state index contributed by atoms with van der Waals surface area (Å²) < 4.78 is 11.1. The van der Waals surface area contributed by atoms with Crippen molar-refractivity contribution in [3.8, 4) is 40.1 Å². The van der Waals surface area contributed by atoms with Gasteiger partial charge in [-0.15, -0.1) is 0 Å². The van der Waals surface area contributed by atoms with Gasteiger partial charge in [-0.1, -0.05) is 10.3 Å². The number of rotatable bonds is 5. The van der Waals surface area contributed by atoms with Crippen LogP contribution in [0.3, 0.4) is 0 Å². The fourth-order valence-corrected chi connectivity index (χ4v) is 2.50. The number of benzene rings is 3. The number of azide groups is 1. The van der Waals surface area contributed by atoms with E-state index in [2.05, 4.69) is 20.2 Å². The Balaban J connectivity index is 1.48. The quantitative estimate of drug-likeness (QED) is 0.268. The average Bonchev–Trinajstić information content (AvgIpc) is 3.21. The topological polar surface area (TPSA) is 117 Å². The number of phenols is 1. The highest BCUT2D eigenvalue weighted by Crippen LogP contribution is 2.28. The molecular weight excluding hydrogens is 358 g/mol. The number of ether oxygens (including phenoxy) is 1. The molecule has 0 radical (unpaired) electrons.